The number of benzene rings is 3. The monoisotopic (exact) mass is 443 g/mol. The zero-order valence-corrected chi connectivity index (χ0v) is 18.1. The standard InChI is InChI=1S/C26H22ClN3O2/c1-2-15-30-17-20(21-10-4-7-13-24(21)30)16-28-29-26(31)22-11-5-8-14-25(22)32-18-19-9-3-6-12-23(19)27/h2-14,16-17H,1,15,18H2,(H,29,31)/b28-16+. The van der Waals surface area contributed by atoms with E-state index in [1.807, 2.05) is 60.8 Å². The second kappa shape index (κ2) is 9.98. The van der Waals surface area contributed by atoms with Crippen LogP contribution in [-0.2, 0) is 13.2 Å². The first-order valence-electron chi connectivity index (χ1n) is 10.1. The molecule has 0 aliphatic heterocycles. The average Bonchev–Trinajstić information content (AvgIpc) is 3.16. The molecule has 0 aliphatic rings. The van der Waals surface area contributed by atoms with Crippen molar-refractivity contribution >= 4 is 34.6 Å². The number of para-hydroxylation sites is 2. The molecule has 0 fully saturated rings. The van der Waals surface area contributed by atoms with Gasteiger partial charge in [0, 0.05) is 39.8 Å². The van der Waals surface area contributed by atoms with Gasteiger partial charge in [0.05, 0.1) is 11.8 Å². The number of aromatic nitrogens is 1. The first-order valence-corrected chi connectivity index (χ1v) is 10.5. The molecule has 1 amide bonds. The van der Waals surface area contributed by atoms with Crippen molar-refractivity contribution in [3.8, 4) is 5.75 Å². The highest BCUT2D eigenvalue weighted by Gasteiger charge is 2.12. The summed E-state index contributed by atoms with van der Waals surface area (Å²) in [6, 6.07) is 22.5. The van der Waals surface area contributed by atoms with Crippen molar-refractivity contribution in [2.24, 2.45) is 5.10 Å². The molecule has 4 rings (SSSR count). The summed E-state index contributed by atoms with van der Waals surface area (Å²) in [5, 5.41) is 5.85. The van der Waals surface area contributed by atoms with Gasteiger partial charge in [0.25, 0.3) is 5.91 Å². The summed E-state index contributed by atoms with van der Waals surface area (Å²) >= 11 is 6.20. The van der Waals surface area contributed by atoms with Gasteiger partial charge < -0.3 is 9.30 Å². The predicted molar refractivity (Wildman–Crippen MR) is 129 cm³/mol. The number of rotatable bonds is 8. The number of allylic oxidation sites excluding steroid dienone is 1. The van der Waals surface area contributed by atoms with Crippen LogP contribution in [0.3, 0.4) is 0 Å². The smallest absolute Gasteiger partial charge is 0.275 e. The van der Waals surface area contributed by atoms with Crippen LogP contribution >= 0.6 is 11.6 Å². The molecule has 0 spiro atoms. The Labute approximate surface area is 191 Å². The Morgan fingerprint density at radius 1 is 1.06 bits per heavy atom. The zero-order chi connectivity index (χ0) is 22.3. The minimum Gasteiger partial charge on any atom is -0.488 e. The molecule has 3 aromatic carbocycles. The van der Waals surface area contributed by atoms with Gasteiger partial charge in [-0.25, -0.2) is 5.43 Å². The Morgan fingerprint density at radius 2 is 1.81 bits per heavy atom. The van der Waals surface area contributed by atoms with Crippen LogP contribution in [0.1, 0.15) is 21.5 Å². The molecule has 0 saturated heterocycles. The maximum absolute atomic E-state index is 12.8. The van der Waals surface area contributed by atoms with Crippen molar-refractivity contribution in [2.75, 3.05) is 0 Å². The molecule has 1 aromatic heterocycles. The quantitative estimate of drug-likeness (QED) is 0.212. The Bertz CT molecular complexity index is 1290. The van der Waals surface area contributed by atoms with Gasteiger partial charge in [0.2, 0.25) is 0 Å². The predicted octanol–water partition coefficient (Wildman–Crippen LogP) is 5.82. The number of carbonyl (C=O) groups excluding carboxylic acids is 1. The van der Waals surface area contributed by atoms with E-state index in [0.29, 0.717) is 22.9 Å². The molecule has 0 atom stereocenters. The summed E-state index contributed by atoms with van der Waals surface area (Å²) < 4.78 is 7.95. The lowest BCUT2D eigenvalue weighted by atomic mass is 10.2. The van der Waals surface area contributed by atoms with Crippen molar-refractivity contribution in [3.63, 3.8) is 0 Å². The number of hydrazone groups is 1. The number of amides is 1. The molecule has 5 nitrogen and oxygen atoms in total. The summed E-state index contributed by atoms with van der Waals surface area (Å²) in [5.41, 5.74) is 5.83. The van der Waals surface area contributed by atoms with Crippen molar-refractivity contribution in [1.82, 2.24) is 9.99 Å². The summed E-state index contributed by atoms with van der Waals surface area (Å²) in [7, 11) is 0. The topological polar surface area (TPSA) is 55.6 Å². The van der Waals surface area contributed by atoms with E-state index in [1.54, 1.807) is 30.5 Å². The van der Waals surface area contributed by atoms with E-state index in [9.17, 15) is 4.79 Å². The average molecular weight is 444 g/mol. The molecule has 0 bridgehead atoms. The van der Waals surface area contributed by atoms with Crippen LogP contribution in [-0.4, -0.2) is 16.7 Å². The number of fused-ring (bicyclic) bond motifs is 1. The van der Waals surface area contributed by atoms with Gasteiger partial charge in [-0.15, -0.1) is 6.58 Å². The molecule has 0 unspecified atom stereocenters. The Hall–Kier alpha value is -3.83. The maximum Gasteiger partial charge on any atom is 0.275 e. The highest BCUT2D eigenvalue weighted by atomic mass is 35.5. The van der Waals surface area contributed by atoms with Crippen LogP contribution in [0.15, 0.2) is 96.7 Å². The highest BCUT2D eigenvalue weighted by molar-refractivity contribution is 6.31. The summed E-state index contributed by atoms with van der Waals surface area (Å²) in [6.45, 7) is 4.76. The molecule has 1 N–H and O–H groups in total. The number of nitrogens with zero attached hydrogens (tertiary/aromatic N) is 2. The van der Waals surface area contributed by atoms with Gasteiger partial charge in [0.1, 0.15) is 12.4 Å². The number of ether oxygens (including phenoxy) is 1. The molecule has 1 heterocycles. The lowest BCUT2D eigenvalue weighted by Crippen LogP contribution is -2.18. The van der Waals surface area contributed by atoms with Crippen molar-refractivity contribution in [3.05, 3.63) is 113 Å². The van der Waals surface area contributed by atoms with E-state index in [2.05, 4.69) is 21.7 Å². The van der Waals surface area contributed by atoms with Gasteiger partial charge in [-0.1, -0.05) is 66.2 Å². The number of carbonyl (C=O) groups is 1. The molecule has 6 heteroatoms. The normalized spacial score (nSPS) is 11.0. The number of halogens is 1. The van der Waals surface area contributed by atoms with Crippen molar-refractivity contribution in [1.29, 1.82) is 0 Å². The number of nitrogens with one attached hydrogen (secondary N) is 1. The number of hydrogen-bond acceptors (Lipinski definition) is 3. The lowest BCUT2D eigenvalue weighted by molar-refractivity contribution is 0.0950. The summed E-state index contributed by atoms with van der Waals surface area (Å²) in [4.78, 5) is 12.8. The highest BCUT2D eigenvalue weighted by Crippen LogP contribution is 2.22. The van der Waals surface area contributed by atoms with Gasteiger partial charge >= 0.3 is 0 Å². The van der Waals surface area contributed by atoms with E-state index in [1.165, 1.54) is 0 Å². The largest absolute Gasteiger partial charge is 0.488 e. The van der Waals surface area contributed by atoms with E-state index in [4.69, 9.17) is 16.3 Å². The fraction of sp³-hybridized carbons (Fsp3) is 0.0769. The molecule has 160 valence electrons. The van der Waals surface area contributed by atoms with Crippen LogP contribution in [0.2, 0.25) is 5.02 Å². The summed E-state index contributed by atoms with van der Waals surface area (Å²) in [6.07, 6.45) is 5.48. The fourth-order valence-electron chi connectivity index (χ4n) is 3.44. The van der Waals surface area contributed by atoms with Crippen LogP contribution in [0.4, 0.5) is 0 Å². The van der Waals surface area contributed by atoms with Crippen LogP contribution in [0, 0.1) is 0 Å². The van der Waals surface area contributed by atoms with Gasteiger partial charge in [-0.05, 0) is 24.3 Å². The molecule has 0 radical (unpaired) electrons. The van der Waals surface area contributed by atoms with Crippen molar-refractivity contribution in [2.45, 2.75) is 13.2 Å². The fourth-order valence-corrected chi connectivity index (χ4v) is 3.63. The Morgan fingerprint density at radius 3 is 2.66 bits per heavy atom. The third kappa shape index (κ3) is 4.74. The zero-order valence-electron chi connectivity index (χ0n) is 17.4. The van der Waals surface area contributed by atoms with E-state index in [0.717, 1.165) is 22.0 Å². The first-order chi connectivity index (χ1) is 15.7. The van der Waals surface area contributed by atoms with E-state index in [-0.39, 0.29) is 12.5 Å². The second-order valence-electron chi connectivity index (χ2n) is 7.12. The minimum absolute atomic E-state index is 0.260. The third-order valence-corrected chi connectivity index (χ3v) is 5.36. The van der Waals surface area contributed by atoms with Crippen LogP contribution < -0.4 is 10.2 Å². The molecular weight excluding hydrogens is 422 g/mol. The summed E-state index contributed by atoms with van der Waals surface area (Å²) in [5.74, 6) is 0.105. The SMILES string of the molecule is C=CCn1cc(/C=N/NC(=O)c2ccccc2OCc2ccccc2Cl)c2ccccc21. The molecule has 4 aromatic rings. The van der Waals surface area contributed by atoms with Crippen molar-refractivity contribution < 1.29 is 9.53 Å². The maximum atomic E-state index is 12.8. The van der Waals surface area contributed by atoms with Crippen LogP contribution in [0.5, 0.6) is 5.75 Å². The third-order valence-electron chi connectivity index (χ3n) is 4.99. The van der Waals surface area contributed by atoms with Gasteiger partial charge in [0.15, 0.2) is 0 Å². The molecule has 32 heavy (non-hydrogen) atoms. The van der Waals surface area contributed by atoms with Crippen LogP contribution in [0.25, 0.3) is 10.9 Å². The van der Waals surface area contributed by atoms with Gasteiger partial charge in [-0.2, -0.15) is 5.10 Å². The second-order valence-corrected chi connectivity index (χ2v) is 7.53. The lowest BCUT2D eigenvalue weighted by Gasteiger charge is -2.11. The number of hydrogen-bond donors (Lipinski definition) is 1. The van der Waals surface area contributed by atoms with Gasteiger partial charge in [-0.3, -0.25) is 4.79 Å². The minimum atomic E-state index is -0.356. The molecular formula is C26H22ClN3O2. The Kier molecular flexibility index (Phi) is 6.68. The molecule has 0 saturated carbocycles. The van der Waals surface area contributed by atoms with E-state index >= 15 is 0 Å². The first kappa shape index (κ1) is 21.4. The molecule has 0 aliphatic carbocycles. The van der Waals surface area contributed by atoms with E-state index < -0.39 is 0 Å². The Balaban J connectivity index is 1.48.